The van der Waals surface area contributed by atoms with Gasteiger partial charge in [-0.1, -0.05) is 13.0 Å². The smallest absolute Gasteiger partial charge is 0.258 e. The van der Waals surface area contributed by atoms with Crippen molar-refractivity contribution in [3.63, 3.8) is 0 Å². The van der Waals surface area contributed by atoms with Crippen LogP contribution in [0.1, 0.15) is 39.5 Å². The van der Waals surface area contributed by atoms with Crippen molar-refractivity contribution in [2.45, 2.75) is 58.0 Å². The largest absolute Gasteiger partial charge is 0.479 e. The fourth-order valence-corrected chi connectivity index (χ4v) is 4.30. The molecule has 34 heavy (non-hydrogen) atoms. The summed E-state index contributed by atoms with van der Waals surface area (Å²) in [7, 11) is 1.45. The molecule has 0 saturated heterocycles. The molecule has 1 aliphatic rings. The van der Waals surface area contributed by atoms with Gasteiger partial charge in [0, 0.05) is 6.04 Å². The van der Waals surface area contributed by atoms with Crippen molar-refractivity contribution < 1.29 is 17.9 Å². The molecular weight excluding hydrogens is 447 g/mol. The van der Waals surface area contributed by atoms with Gasteiger partial charge in [-0.25, -0.2) is 23.2 Å². The zero-order valence-corrected chi connectivity index (χ0v) is 19.3. The number of benzene rings is 1. The molecule has 0 bridgehead atoms. The summed E-state index contributed by atoms with van der Waals surface area (Å²) >= 11 is 0. The zero-order valence-electron chi connectivity index (χ0n) is 19.3. The maximum Gasteiger partial charge on any atom is 0.258 e. The van der Waals surface area contributed by atoms with Crippen LogP contribution < -0.4 is 15.4 Å². The minimum absolute atomic E-state index is 0.164. The van der Waals surface area contributed by atoms with E-state index in [-0.39, 0.29) is 28.9 Å². The highest BCUT2D eigenvalue weighted by molar-refractivity contribution is 5.88. The van der Waals surface area contributed by atoms with E-state index in [4.69, 9.17) is 10.3 Å². The van der Waals surface area contributed by atoms with Crippen molar-refractivity contribution in [2.75, 3.05) is 17.7 Å². The number of ether oxygens (including phenoxy) is 1. The van der Waals surface area contributed by atoms with Crippen LogP contribution in [0.5, 0.6) is 5.88 Å². The zero-order chi connectivity index (χ0) is 24.4. The number of hydrogen-bond donors (Lipinski definition) is 3. The Labute approximate surface area is 195 Å². The van der Waals surface area contributed by atoms with Gasteiger partial charge in [-0.3, -0.25) is 0 Å². The van der Waals surface area contributed by atoms with Crippen LogP contribution >= 0.6 is 0 Å². The number of halogens is 3. The van der Waals surface area contributed by atoms with Gasteiger partial charge in [0.05, 0.1) is 30.6 Å². The summed E-state index contributed by atoms with van der Waals surface area (Å²) < 4.78 is 48.2. The minimum Gasteiger partial charge on any atom is -0.479 e. The van der Waals surface area contributed by atoms with Gasteiger partial charge in [0.1, 0.15) is 11.2 Å². The molecular formula is C23H28F3N7O. The Bertz CT molecular complexity index is 1180. The highest BCUT2D eigenvalue weighted by Crippen LogP contribution is 2.38. The van der Waals surface area contributed by atoms with Crippen LogP contribution in [0.2, 0.25) is 0 Å². The van der Waals surface area contributed by atoms with E-state index in [1.165, 1.54) is 36.9 Å². The number of alkyl halides is 2. The molecule has 8 nitrogen and oxygen atoms in total. The van der Waals surface area contributed by atoms with Crippen LogP contribution in [0, 0.1) is 17.3 Å². The van der Waals surface area contributed by atoms with Crippen LogP contribution in [0.4, 0.5) is 30.5 Å². The van der Waals surface area contributed by atoms with Crippen molar-refractivity contribution in [3.8, 4) is 17.0 Å². The van der Waals surface area contributed by atoms with Crippen LogP contribution in [0.3, 0.4) is 0 Å². The van der Waals surface area contributed by atoms with E-state index in [0.29, 0.717) is 22.9 Å². The maximum absolute atomic E-state index is 15.2. The molecule has 2 aromatic heterocycles. The number of aromatic nitrogens is 3. The van der Waals surface area contributed by atoms with Gasteiger partial charge < -0.3 is 15.4 Å². The third kappa shape index (κ3) is 4.78. The number of nitrogens with zero attached hydrogens (tertiary/aromatic N) is 4. The van der Waals surface area contributed by atoms with Crippen molar-refractivity contribution in [1.82, 2.24) is 14.6 Å². The highest BCUT2D eigenvalue weighted by atomic mass is 19.3. The Hall–Kier alpha value is -3.37. The molecule has 2 heterocycles. The predicted octanol–water partition coefficient (Wildman–Crippen LogP) is 6.26. The molecule has 0 aliphatic heterocycles. The number of nitrogens with one attached hydrogen (secondary N) is 3. The number of hydrogen-bond acceptors (Lipinski definition) is 7. The Morgan fingerprint density at radius 3 is 2.62 bits per heavy atom. The topological polar surface area (TPSA) is 99.7 Å². The summed E-state index contributed by atoms with van der Waals surface area (Å²) in [5.41, 5.74) is 8.56. The lowest BCUT2D eigenvalue weighted by molar-refractivity contribution is 0.131. The second kappa shape index (κ2) is 9.86. The van der Waals surface area contributed by atoms with Crippen LogP contribution in [-0.4, -0.2) is 40.2 Å². The van der Waals surface area contributed by atoms with Gasteiger partial charge in [-0.05, 0) is 56.2 Å². The Kier molecular flexibility index (Phi) is 6.90. The van der Waals surface area contributed by atoms with Crippen LogP contribution in [0.25, 0.3) is 16.6 Å². The molecule has 3 aromatic rings. The Morgan fingerprint density at radius 1 is 1.24 bits per heavy atom. The van der Waals surface area contributed by atoms with E-state index < -0.39 is 18.3 Å². The molecule has 0 radical (unpaired) electrons. The average Bonchev–Trinajstić information content (AvgIpc) is 3.15. The first-order valence-electron chi connectivity index (χ1n) is 11.3. The second-order valence-corrected chi connectivity index (χ2v) is 8.80. The Balaban J connectivity index is 1.73. The third-order valence-corrected chi connectivity index (χ3v) is 6.26. The van der Waals surface area contributed by atoms with Gasteiger partial charge >= 0.3 is 0 Å². The normalized spacial score (nSPS) is 19.3. The van der Waals surface area contributed by atoms with E-state index in [1.807, 2.05) is 0 Å². The molecule has 1 atom stereocenters. The lowest BCUT2D eigenvalue weighted by Gasteiger charge is -2.26. The maximum atomic E-state index is 15.2. The molecule has 0 spiro atoms. The minimum atomic E-state index is -2.62. The van der Waals surface area contributed by atoms with Crippen molar-refractivity contribution >= 4 is 22.8 Å². The molecule has 1 aromatic carbocycles. The van der Waals surface area contributed by atoms with E-state index in [2.05, 4.69) is 32.8 Å². The summed E-state index contributed by atoms with van der Waals surface area (Å²) in [5.74, 6) is 0.668. The van der Waals surface area contributed by atoms with Crippen LogP contribution in [-0.2, 0) is 0 Å². The van der Waals surface area contributed by atoms with Gasteiger partial charge in [0.2, 0.25) is 11.8 Å². The van der Waals surface area contributed by atoms with Gasteiger partial charge in [-0.2, -0.15) is 10.1 Å². The standard InChI is InChI=1S/C23H28F3N7O/c1-12-4-7-15(8-5-12)29-23-30-22(34-3)20-19(16(24)11-33(20)32-23)14-6-9-17(31-27)18(10-14)28-13(2)21(25)26/h6,9-13,15,21,27-28H,4-5,7-8H2,1-3H3,(H,29,32)/t12?,13-,15?/m1/s1. The molecule has 0 amide bonds. The molecule has 1 fully saturated rings. The van der Waals surface area contributed by atoms with E-state index in [9.17, 15) is 8.78 Å². The molecule has 1 aliphatic carbocycles. The first-order valence-corrected chi connectivity index (χ1v) is 11.3. The van der Waals surface area contributed by atoms with Crippen LogP contribution in [0.15, 0.2) is 29.5 Å². The second-order valence-electron chi connectivity index (χ2n) is 8.80. The highest BCUT2D eigenvalue weighted by Gasteiger charge is 2.24. The number of fused-ring (bicyclic) bond motifs is 1. The first kappa shape index (κ1) is 23.8. The van der Waals surface area contributed by atoms with E-state index in [1.54, 1.807) is 6.07 Å². The fourth-order valence-electron chi connectivity index (χ4n) is 4.30. The fraction of sp³-hybridized carbons (Fsp3) is 0.478. The van der Waals surface area contributed by atoms with Crippen molar-refractivity contribution in [2.24, 2.45) is 11.0 Å². The van der Waals surface area contributed by atoms with Crippen molar-refractivity contribution in [1.29, 1.82) is 5.53 Å². The summed E-state index contributed by atoms with van der Waals surface area (Å²) in [6, 6.07) is 3.59. The van der Waals surface area contributed by atoms with Gasteiger partial charge in [-0.15, -0.1) is 5.10 Å². The Morgan fingerprint density at radius 2 is 1.97 bits per heavy atom. The number of rotatable bonds is 8. The molecule has 1 saturated carbocycles. The number of methoxy groups -OCH3 is 1. The molecule has 3 N–H and O–H groups in total. The lowest BCUT2D eigenvalue weighted by Crippen LogP contribution is -2.26. The molecule has 11 heteroatoms. The lowest BCUT2D eigenvalue weighted by atomic mass is 9.87. The summed E-state index contributed by atoms with van der Waals surface area (Å²) in [6.45, 7) is 3.56. The SMILES string of the molecule is COc1nc(NC2CCC(C)CC2)nn2cc(F)c(-c3ccc(N=N)c(N[C@H](C)C(F)F)c3)c12. The monoisotopic (exact) mass is 475 g/mol. The summed E-state index contributed by atoms with van der Waals surface area (Å²) in [4.78, 5) is 4.46. The first-order chi connectivity index (χ1) is 16.3. The molecule has 182 valence electrons. The number of anilines is 2. The average molecular weight is 476 g/mol. The summed E-state index contributed by atoms with van der Waals surface area (Å²) in [6.07, 6.45) is 2.88. The molecule has 4 rings (SSSR count). The van der Waals surface area contributed by atoms with E-state index >= 15 is 4.39 Å². The third-order valence-electron chi connectivity index (χ3n) is 6.26. The predicted molar refractivity (Wildman–Crippen MR) is 124 cm³/mol. The van der Waals surface area contributed by atoms with Gasteiger partial charge in [0.25, 0.3) is 6.43 Å². The quantitative estimate of drug-likeness (QED) is 0.334. The van der Waals surface area contributed by atoms with Gasteiger partial charge in [0.15, 0.2) is 5.82 Å². The summed E-state index contributed by atoms with van der Waals surface area (Å²) in [5, 5.41) is 13.8. The van der Waals surface area contributed by atoms with E-state index in [0.717, 1.165) is 25.7 Å². The molecule has 0 unspecified atom stereocenters. The van der Waals surface area contributed by atoms with Crippen molar-refractivity contribution in [3.05, 3.63) is 30.2 Å².